The minimum atomic E-state index is -3.94. The molecule has 2 heterocycles. The van der Waals surface area contributed by atoms with Crippen LogP contribution in [-0.2, 0) is 14.8 Å². The number of thioether (sulfide) groups is 1. The van der Waals surface area contributed by atoms with Gasteiger partial charge in [0.25, 0.3) is 0 Å². The van der Waals surface area contributed by atoms with Gasteiger partial charge in [-0.25, -0.2) is 8.42 Å². The predicted octanol–water partition coefficient (Wildman–Crippen LogP) is 4.07. The maximum atomic E-state index is 13.2. The molecule has 1 saturated heterocycles. The Morgan fingerprint density at radius 1 is 1.17 bits per heavy atom. The van der Waals surface area contributed by atoms with Crippen molar-refractivity contribution in [1.82, 2.24) is 4.31 Å². The van der Waals surface area contributed by atoms with Gasteiger partial charge in [-0.05, 0) is 50.2 Å². The Morgan fingerprint density at radius 2 is 1.86 bits per heavy atom. The Bertz CT molecular complexity index is 1130. The first-order chi connectivity index (χ1) is 13.7. The van der Waals surface area contributed by atoms with Crippen LogP contribution in [0.15, 0.2) is 63.9 Å². The van der Waals surface area contributed by atoms with Gasteiger partial charge in [0.15, 0.2) is 0 Å². The number of nitrogens with zero attached hydrogens (tertiary/aromatic N) is 1. The monoisotopic (exact) mass is 431 g/mol. The lowest BCUT2D eigenvalue weighted by Crippen LogP contribution is -2.58. The van der Waals surface area contributed by atoms with E-state index in [1.54, 1.807) is 26.0 Å². The second-order valence-electron chi connectivity index (χ2n) is 7.48. The number of carbonyl (C=O) groups is 1. The smallest absolute Gasteiger partial charge is 0.323 e. The lowest BCUT2D eigenvalue weighted by atomic mass is 10.0. The van der Waals surface area contributed by atoms with Crippen molar-refractivity contribution in [2.75, 3.05) is 12.3 Å². The van der Waals surface area contributed by atoms with E-state index in [0.717, 1.165) is 20.8 Å². The summed E-state index contributed by atoms with van der Waals surface area (Å²) in [5.41, 5.74) is 1.51. The topological polar surface area (TPSA) is 87.8 Å². The number of hydrogen-bond acceptors (Lipinski definition) is 5. The van der Waals surface area contributed by atoms with Crippen LogP contribution in [0.5, 0.6) is 0 Å². The minimum Gasteiger partial charge on any atom is -0.480 e. The SMILES string of the molecule is CC1(C)SCCN(S(=O)(=O)c2ccc(-c3cc4ccccc4o3)cc2)[C@H]1C(=O)O. The van der Waals surface area contributed by atoms with Crippen molar-refractivity contribution in [3.63, 3.8) is 0 Å². The van der Waals surface area contributed by atoms with Crippen LogP contribution in [0.2, 0.25) is 0 Å². The predicted molar refractivity (Wildman–Crippen MR) is 114 cm³/mol. The number of fused-ring (bicyclic) bond motifs is 1. The molecule has 2 aromatic carbocycles. The normalized spacial score (nSPS) is 20.0. The van der Waals surface area contributed by atoms with Gasteiger partial charge in [-0.15, -0.1) is 0 Å². The first-order valence-corrected chi connectivity index (χ1v) is 11.6. The maximum absolute atomic E-state index is 13.2. The molecule has 0 spiro atoms. The van der Waals surface area contributed by atoms with Crippen molar-refractivity contribution in [3.05, 3.63) is 54.6 Å². The summed E-state index contributed by atoms with van der Waals surface area (Å²) < 4.78 is 32.6. The van der Waals surface area contributed by atoms with E-state index in [1.165, 1.54) is 23.9 Å². The highest BCUT2D eigenvalue weighted by Crippen LogP contribution is 2.38. The van der Waals surface area contributed by atoms with Crippen molar-refractivity contribution < 1.29 is 22.7 Å². The van der Waals surface area contributed by atoms with E-state index in [2.05, 4.69) is 0 Å². The summed E-state index contributed by atoms with van der Waals surface area (Å²) in [4.78, 5) is 11.9. The number of sulfonamides is 1. The summed E-state index contributed by atoms with van der Waals surface area (Å²) in [6, 6.07) is 14.8. The average molecular weight is 432 g/mol. The van der Waals surface area contributed by atoms with Gasteiger partial charge >= 0.3 is 5.97 Å². The van der Waals surface area contributed by atoms with Crippen LogP contribution in [0, 0.1) is 0 Å². The Morgan fingerprint density at radius 3 is 2.52 bits per heavy atom. The van der Waals surface area contributed by atoms with E-state index in [0.29, 0.717) is 11.5 Å². The molecule has 0 radical (unpaired) electrons. The second-order valence-corrected chi connectivity index (χ2v) is 11.1. The van der Waals surface area contributed by atoms with Crippen LogP contribution in [0.3, 0.4) is 0 Å². The maximum Gasteiger partial charge on any atom is 0.323 e. The molecule has 4 rings (SSSR count). The molecule has 1 N–H and O–H groups in total. The third kappa shape index (κ3) is 3.56. The summed E-state index contributed by atoms with van der Waals surface area (Å²) in [7, 11) is -3.94. The Labute approximate surface area is 173 Å². The van der Waals surface area contributed by atoms with Crippen molar-refractivity contribution in [2.45, 2.75) is 29.5 Å². The largest absolute Gasteiger partial charge is 0.480 e. The van der Waals surface area contributed by atoms with Gasteiger partial charge in [0.05, 0.1) is 4.90 Å². The van der Waals surface area contributed by atoms with Crippen LogP contribution in [0.4, 0.5) is 0 Å². The molecule has 152 valence electrons. The lowest BCUT2D eigenvalue weighted by molar-refractivity contribution is -0.142. The number of hydrogen-bond donors (Lipinski definition) is 1. The molecule has 1 aromatic heterocycles. The highest BCUT2D eigenvalue weighted by molar-refractivity contribution is 8.00. The van der Waals surface area contributed by atoms with Crippen molar-refractivity contribution >= 4 is 38.7 Å². The molecule has 0 unspecified atom stereocenters. The number of carboxylic acid groups (broad SMARTS) is 1. The van der Waals surface area contributed by atoms with Gasteiger partial charge in [0.1, 0.15) is 17.4 Å². The van der Waals surface area contributed by atoms with Gasteiger partial charge in [0.2, 0.25) is 10.0 Å². The van der Waals surface area contributed by atoms with Gasteiger partial charge in [0, 0.05) is 28.0 Å². The van der Waals surface area contributed by atoms with Crippen LogP contribution < -0.4 is 0 Å². The molecule has 1 aliphatic rings. The van der Waals surface area contributed by atoms with E-state index < -0.39 is 26.8 Å². The van der Waals surface area contributed by atoms with E-state index in [1.807, 2.05) is 30.3 Å². The fraction of sp³-hybridized carbons (Fsp3) is 0.286. The van der Waals surface area contributed by atoms with E-state index in [-0.39, 0.29) is 11.4 Å². The molecule has 0 aliphatic carbocycles. The molecule has 1 aliphatic heterocycles. The van der Waals surface area contributed by atoms with Crippen molar-refractivity contribution in [1.29, 1.82) is 0 Å². The molecule has 29 heavy (non-hydrogen) atoms. The summed E-state index contributed by atoms with van der Waals surface area (Å²) in [6.07, 6.45) is 0. The van der Waals surface area contributed by atoms with Crippen molar-refractivity contribution in [3.8, 4) is 11.3 Å². The van der Waals surface area contributed by atoms with Crippen LogP contribution in [0.1, 0.15) is 13.8 Å². The molecule has 0 amide bonds. The molecular formula is C21H21NO5S2. The standard InChI is InChI=1S/C21H21NO5S2/c1-21(2)19(20(23)24)22(11-12-28-21)29(25,26)16-9-7-14(8-10-16)18-13-15-5-3-4-6-17(15)27-18/h3-10,13,19H,11-12H2,1-2H3,(H,23,24)/t19-/m0/s1. The summed E-state index contributed by atoms with van der Waals surface area (Å²) >= 11 is 1.47. The number of carboxylic acids is 1. The Hall–Kier alpha value is -2.29. The first kappa shape index (κ1) is 20.0. The first-order valence-electron chi connectivity index (χ1n) is 9.18. The molecule has 1 atom stereocenters. The number of rotatable bonds is 4. The Balaban J connectivity index is 1.68. The van der Waals surface area contributed by atoms with Crippen LogP contribution >= 0.6 is 11.8 Å². The summed E-state index contributed by atoms with van der Waals surface area (Å²) in [5, 5.41) is 10.7. The summed E-state index contributed by atoms with van der Waals surface area (Å²) in [5.74, 6) is 0.0614. The number of furan rings is 1. The zero-order valence-electron chi connectivity index (χ0n) is 16.0. The van der Waals surface area contributed by atoms with E-state index in [9.17, 15) is 18.3 Å². The zero-order valence-corrected chi connectivity index (χ0v) is 17.7. The van der Waals surface area contributed by atoms with Crippen molar-refractivity contribution in [2.24, 2.45) is 0 Å². The minimum absolute atomic E-state index is 0.0753. The third-order valence-corrected chi connectivity index (χ3v) is 8.37. The molecule has 3 aromatic rings. The van der Waals surface area contributed by atoms with Crippen LogP contribution in [-0.4, -0.2) is 46.9 Å². The van der Waals surface area contributed by atoms with E-state index in [4.69, 9.17) is 4.42 Å². The highest BCUT2D eigenvalue weighted by Gasteiger charge is 2.48. The van der Waals surface area contributed by atoms with Crippen LogP contribution in [0.25, 0.3) is 22.3 Å². The molecule has 1 fully saturated rings. The molecule has 0 bridgehead atoms. The molecule has 8 heteroatoms. The molecule has 0 saturated carbocycles. The van der Waals surface area contributed by atoms with E-state index >= 15 is 0 Å². The number of benzene rings is 2. The quantitative estimate of drug-likeness (QED) is 0.670. The van der Waals surface area contributed by atoms with Gasteiger partial charge < -0.3 is 9.52 Å². The number of para-hydroxylation sites is 1. The molecule has 6 nitrogen and oxygen atoms in total. The molecular weight excluding hydrogens is 410 g/mol. The lowest BCUT2D eigenvalue weighted by Gasteiger charge is -2.42. The average Bonchev–Trinajstić information content (AvgIpc) is 3.11. The number of aliphatic carboxylic acids is 1. The second kappa shape index (κ2) is 7.19. The van der Waals surface area contributed by atoms with Gasteiger partial charge in [-0.1, -0.05) is 18.2 Å². The Kier molecular flexibility index (Phi) is 4.96. The zero-order chi connectivity index (χ0) is 20.8. The fourth-order valence-electron chi connectivity index (χ4n) is 3.68. The summed E-state index contributed by atoms with van der Waals surface area (Å²) in [6.45, 7) is 3.70. The van der Waals surface area contributed by atoms with Gasteiger partial charge in [-0.3, -0.25) is 4.79 Å². The van der Waals surface area contributed by atoms with Gasteiger partial charge in [-0.2, -0.15) is 16.1 Å². The third-order valence-electron chi connectivity index (χ3n) is 5.14. The fourth-order valence-corrected chi connectivity index (χ4v) is 6.78. The highest BCUT2D eigenvalue weighted by atomic mass is 32.2.